The molecule has 0 atom stereocenters. The molecular formula is C16H30. The van der Waals surface area contributed by atoms with E-state index in [0.29, 0.717) is 0 Å². The average molecular weight is 222 g/mol. The quantitative estimate of drug-likeness (QED) is 0.574. The van der Waals surface area contributed by atoms with Crippen molar-refractivity contribution in [1.29, 1.82) is 0 Å². The van der Waals surface area contributed by atoms with Crippen molar-refractivity contribution in [2.45, 2.75) is 89.9 Å². The molecule has 16 heavy (non-hydrogen) atoms. The first kappa shape index (κ1) is 12.5. The van der Waals surface area contributed by atoms with Gasteiger partial charge in [-0.2, -0.15) is 0 Å². The van der Waals surface area contributed by atoms with Gasteiger partial charge in [0.15, 0.2) is 0 Å². The van der Waals surface area contributed by atoms with Gasteiger partial charge in [0.1, 0.15) is 0 Å². The predicted octanol–water partition coefficient (Wildman–Crippen LogP) is 5.71. The van der Waals surface area contributed by atoms with Crippen molar-refractivity contribution >= 4 is 0 Å². The highest BCUT2D eigenvalue weighted by Gasteiger charge is 2.16. The average Bonchev–Trinajstić information content (AvgIpc) is 2.29. The molecule has 2 rings (SSSR count). The molecular weight excluding hydrogens is 192 g/mol. The van der Waals surface area contributed by atoms with Gasteiger partial charge >= 0.3 is 0 Å². The van der Waals surface area contributed by atoms with Crippen LogP contribution in [0.5, 0.6) is 0 Å². The molecule has 0 aromatic rings. The number of hydrogen-bond donors (Lipinski definition) is 0. The zero-order chi connectivity index (χ0) is 11.1. The standard InChI is InChI=1S/C16H30/c1-2-5-9-15(10-6-3-1)13-14-16-11-7-4-8-12-16/h15-16H,1-14H2. The third-order valence-electron chi connectivity index (χ3n) is 4.93. The van der Waals surface area contributed by atoms with E-state index in [4.69, 9.17) is 0 Å². The molecule has 94 valence electrons. The fraction of sp³-hybridized carbons (Fsp3) is 1.00. The molecule has 0 aromatic carbocycles. The van der Waals surface area contributed by atoms with E-state index in [-0.39, 0.29) is 0 Å². The molecule has 0 N–H and O–H groups in total. The van der Waals surface area contributed by atoms with Crippen molar-refractivity contribution < 1.29 is 0 Å². The Kier molecular flexibility index (Phi) is 5.72. The van der Waals surface area contributed by atoms with Crippen molar-refractivity contribution in [3.63, 3.8) is 0 Å². The van der Waals surface area contributed by atoms with Crippen molar-refractivity contribution in [2.24, 2.45) is 11.8 Å². The molecule has 0 nitrogen and oxygen atoms in total. The Labute approximate surface area is 102 Å². The molecule has 0 heteroatoms. The Bertz CT molecular complexity index is 159. The zero-order valence-electron chi connectivity index (χ0n) is 11.1. The van der Waals surface area contributed by atoms with Gasteiger partial charge in [0.05, 0.1) is 0 Å². The topological polar surface area (TPSA) is 0 Å². The summed E-state index contributed by atoms with van der Waals surface area (Å²) in [5.74, 6) is 2.21. The lowest BCUT2D eigenvalue weighted by Gasteiger charge is -2.25. The first-order chi connectivity index (χ1) is 7.95. The second-order valence-corrected chi connectivity index (χ2v) is 6.29. The molecule has 0 heterocycles. The third-order valence-corrected chi connectivity index (χ3v) is 4.93. The number of rotatable bonds is 3. The molecule has 0 saturated heterocycles. The van der Waals surface area contributed by atoms with Gasteiger partial charge in [-0.25, -0.2) is 0 Å². The Morgan fingerprint density at radius 1 is 0.438 bits per heavy atom. The van der Waals surface area contributed by atoms with Gasteiger partial charge in [0.2, 0.25) is 0 Å². The largest absolute Gasteiger partial charge is 0.0533 e. The SMILES string of the molecule is C1CCCC(CCC2CCCCC2)CCC1. The lowest BCUT2D eigenvalue weighted by atomic mass is 9.81. The van der Waals surface area contributed by atoms with Crippen LogP contribution < -0.4 is 0 Å². The first-order valence-electron chi connectivity index (χ1n) is 7.95. The van der Waals surface area contributed by atoms with E-state index < -0.39 is 0 Å². The molecule has 2 aliphatic rings. The molecule has 2 aliphatic carbocycles. The summed E-state index contributed by atoms with van der Waals surface area (Å²) < 4.78 is 0. The van der Waals surface area contributed by atoms with Crippen LogP contribution in [-0.2, 0) is 0 Å². The van der Waals surface area contributed by atoms with E-state index >= 15 is 0 Å². The van der Waals surface area contributed by atoms with Gasteiger partial charge < -0.3 is 0 Å². The van der Waals surface area contributed by atoms with E-state index in [1.54, 1.807) is 38.5 Å². The fourth-order valence-electron chi connectivity index (χ4n) is 3.78. The minimum Gasteiger partial charge on any atom is -0.0533 e. The third kappa shape index (κ3) is 4.47. The van der Waals surface area contributed by atoms with Gasteiger partial charge in [-0.15, -0.1) is 0 Å². The predicted molar refractivity (Wildman–Crippen MR) is 71.6 cm³/mol. The Hall–Kier alpha value is 0. The summed E-state index contributed by atoms with van der Waals surface area (Å²) in [4.78, 5) is 0. The van der Waals surface area contributed by atoms with Crippen LogP contribution in [0.15, 0.2) is 0 Å². The summed E-state index contributed by atoms with van der Waals surface area (Å²) in [6, 6.07) is 0. The van der Waals surface area contributed by atoms with Crippen LogP contribution in [0.3, 0.4) is 0 Å². The van der Waals surface area contributed by atoms with Gasteiger partial charge in [-0.05, 0) is 11.8 Å². The van der Waals surface area contributed by atoms with Crippen LogP contribution >= 0.6 is 0 Å². The summed E-state index contributed by atoms with van der Waals surface area (Å²) in [6.45, 7) is 0. The maximum Gasteiger partial charge on any atom is -0.0414 e. The van der Waals surface area contributed by atoms with Crippen LogP contribution in [0.4, 0.5) is 0 Å². The molecule has 0 spiro atoms. The van der Waals surface area contributed by atoms with Crippen LogP contribution in [-0.4, -0.2) is 0 Å². The molecule has 0 aliphatic heterocycles. The molecule has 2 saturated carbocycles. The number of hydrogen-bond acceptors (Lipinski definition) is 0. The second-order valence-electron chi connectivity index (χ2n) is 6.29. The highest BCUT2D eigenvalue weighted by molar-refractivity contribution is 4.70. The Morgan fingerprint density at radius 3 is 1.19 bits per heavy atom. The highest BCUT2D eigenvalue weighted by Crippen LogP contribution is 2.32. The monoisotopic (exact) mass is 222 g/mol. The molecule has 0 aromatic heterocycles. The Morgan fingerprint density at radius 2 is 0.750 bits per heavy atom. The van der Waals surface area contributed by atoms with E-state index in [1.165, 1.54) is 51.4 Å². The lowest BCUT2D eigenvalue weighted by molar-refractivity contribution is 0.282. The van der Waals surface area contributed by atoms with Crippen molar-refractivity contribution in [3.05, 3.63) is 0 Å². The maximum absolute atomic E-state index is 1.56. The summed E-state index contributed by atoms with van der Waals surface area (Å²) >= 11 is 0. The zero-order valence-corrected chi connectivity index (χ0v) is 11.1. The fourth-order valence-corrected chi connectivity index (χ4v) is 3.78. The molecule has 0 amide bonds. The van der Waals surface area contributed by atoms with Crippen molar-refractivity contribution in [1.82, 2.24) is 0 Å². The van der Waals surface area contributed by atoms with Crippen LogP contribution in [0.25, 0.3) is 0 Å². The smallest absolute Gasteiger partial charge is 0.0414 e. The highest BCUT2D eigenvalue weighted by atomic mass is 14.2. The van der Waals surface area contributed by atoms with Gasteiger partial charge in [-0.1, -0.05) is 89.9 Å². The lowest BCUT2D eigenvalue weighted by Crippen LogP contribution is -2.10. The molecule has 0 unspecified atom stereocenters. The summed E-state index contributed by atoms with van der Waals surface area (Å²) in [6.07, 6.45) is 21.5. The van der Waals surface area contributed by atoms with Crippen LogP contribution in [0.2, 0.25) is 0 Å². The Balaban J connectivity index is 1.62. The van der Waals surface area contributed by atoms with Crippen molar-refractivity contribution in [2.75, 3.05) is 0 Å². The van der Waals surface area contributed by atoms with Gasteiger partial charge in [0.25, 0.3) is 0 Å². The van der Waals surface area contributed by atoms with Gasteiger partial charge in [0, 0.05) is 0 Å². The minimum absolute atomic E-state index is 1.10. The van der Waals surface area contributed by atoms with Crippen LogP contribution in [0.1, 0.15) is 89.9 Å². The minimum atomic E-state index is 1.10. The van der Waals surface area contributed by atoms with E-state index in [1.807, 2.05) is 0 Å². The molecule has 0 bridgehead atoms. The summed E-state index contributed by atoms with van der Waals surface area (Å²) in [7, 11) is 0. The summed E-state index contributed by atoms with van der Waals surface area (Å²) in [5.41, 5.74) is 0. The summed E-state index contributed by atoms with van der Waals surface area (Å²) in [5, 5.41) is 0. The molecule has 2 fully saturated rings. The van der Waals surface area contributed by atoms with E-state index in [9.17, 15) is 0 Å². The second kappa shape index (κ2) is 7.35. The van der Waals surface area contributed by atoms with Crippen LogP contribution in [0, 0.1) is 11.8 Å². The first-order valence-corrected chi connectivity index (χ1v) is 7.95. The van der Waals surface area contributed by atoms with E-state index in [0.717, 1.165) is 11.8 Å². The van der Waals surface area contributed by atoms with E-state index in [2.05, 4.69) is 0 Å². The normalized spacial score (nSPS) is 26.2. The molecule has 0 radical (unpaired) electrons. The van der Waals surface area contributed by atoms with Crippen molar-refractivity contribution in [3.8, 4) is 0 Å². The maximum atomic E-state index is 1.56. The van der Waals surface area contributed by atoms with Gasteiger partial charge in [-0.3, -0.25) is 0 Å².